The van der Waals surface area contributed by atoms with Crippen molar-refractivity contribution in [3.05, 3.63) is 51.0 Å². The molecule has 2 nitrogen and oxygen atoms in total. The smallest absolute Gasteiger partial charge is 0.306 e. The second-order valence-electron chi connectivity index (χ2n) is 4.98. The van der Waals surface area contributed by atoms with E-state index in [1.165, 1.54) is 6.20 Å². The van der Waals surface area contributed by atoms with Crippen LogP contribution >= 0.6 is 11.3 Å². The lowest BCUT2D eigenvalue weighted by Crippen LogP contribution is -2.21. The molecule has 6 heteroatoms. The van der Waals surface area contributed by atoms with Crippen LogP contribution in [0.3, 0.4) is 0 Å². The van der Waals surface area contributed by atoms with Crippen molar-refractivity contribution < 1.29 is 13.2 Å². The third-order valence-corrected chi connectivity index (χ3v) is 4.14. The molecule has 0 aliphatic heterocycles. The summed E-state index contributed by atoms with van der Waals surface area (Å²) in [5, 5.41) is 2.44. The van der Waals surface area contributed by atoms with Crippen molar-refractivity contribution in [3.63, 3.8) is 0 Å². The van der Waals surface area contributed by atoms with Crippen LogP contribution in [0.15, 0.2) is 24.4 Å². The highest BCUT2D eigenvalue weighted by atomic mass is 32.1. The van der Waals surface area contributed by atoms with Gasteiger partial charge in [0.05, 0.1) is 6.04 Å². The maximum Gasteiger partial charge on any atom is 0.443 e. The Morgan fingerprint density at radius 1 is 1.19 bits per heavy atom. The predicted molar refractivity (Wildman–Crippen MR) is 78.6 cm³/mol. The summed E-state index contributed by atoms with van der Waals surface area (Å²) >= 11 is 0.696. The van der Waals surface area contributed by atoms with Gasteiger partial charge in [0, 0.05) is 11.1 Å². The molecule has 1 heterocycles. The number of alkyl halides is 3. The zero-order valence-corrected chi connectivity index (χ0v) is 12.9. The number of hydrogen-bond acceptors (Lipinski definition) is 3. The number of thiazole rings is 1. The lowest BCUT2D eigenvalue weighted by molar-refractivity contribution is -0.137. The summed E-state index contributed by atoms with van der Waals surface area (Å²) in [4.78, 5) is 4.09. The molecule has 114 valence electrons. The Labute approximate surface area is 126 Å². The molecule has 0 saturated carbocycles. The number of hydrogen-bond donors (Lipinski definition) is 1. The van der Waals surface area contributed by atoms with E-state index < -0.39 is 11.2 Å². The molecule has 1 atom stereocenters. The molecule has 0 aliphatic carbocycles. The topological polar surface area (TPSA) is 24.9 Å². The van der Waals surface area contributed by atoms with Crippen molar-refractivity contribution in [2.24, 2.45) is 0 Å². The van der Waals surface area contributed by atoms with Crippen molar-refractivity contribution in [3.8, 4) is 0 Å². The number of aryl methyl sites for hydroxylation is 2. The molecule has 2 rings (SSSR count). The van der Waals surface area contributed by atoms with Crippen LogP contribution in [0.2, 0.25) is 0 Å². The van der Waals surface area contributed by atoms with E-state index in [4.69, 9.17) is 0 Å². The minimum atomic E-state index is -4.39. The molecular formula is C15H17F3N2S. The molecule has 0 fully saturated rings. The maximum atomic E-state index is 12.7. The Hall–Kier alpha value is -1.40. The van der Waals surface area contributed by atoms with Crippen LogP contribution in [0.25, 0.3) is 0 Å². The molecule has 0 spiro atoms. The van der Waals surface area contributed by atoms with E-state index in [2.05, 4.69) is 10.3 Å². The number of benzene rings is 1. The Kier molecular flexibility index (Phi) is 4.68. The largest absolute Gasteiger partial charge is 0.443 e. The Morgan fingerprint density at radius 3 is 2.29 bits per heavy atom. The van der Waals surface area contributed by atoms with Crippen molar-refractivity contribution in [2.75, 3.05) is 6.54 Å². The van der Waals surface area contributed by atoms with Crippen LogP contribution in [0.5, 0.6) is 0 Å². The highest BCUT2D eigenvalue weighted by molar-refractivity contribution is 7.11. The van der Waals surface area contributed by atoms with E-state index >= 15 is 0 Å². The summed E-state index contributed by atoms with van der Waals surface area (Å²) in [6, 6.07) is 5.77. The molecule has 1 unspecified atom stereocenters. The molecule has 0 bridgehead atoms. The SMILES string of the molecule is CCNC(c1cc(C)cc(C)c1)c1cnc(C(F)(F)F)s1. The summed E-state index contributed by atoms with van der Waals surface area (Å²) in [6.07, 6.45) is -3.07. The number of nitrogens with one attached hydrogen (secondary N) is 1. The number of aromatic nitrogens is 1. The van der Waals surface area contributed by atoms with Crippen LogP contribution in [0.1, 0.15) is 39.5 Å². The maximum absolute atomic E-state index is 12.7. The van der Waals surface area contributed by atoms with Crippen LogP contribution in [-0.2, 0) is 6.18 Å². The molecule has 21 heavy (non-hydrogen) atoms. The van der Waals surface area contributed by atoms with Gasteiger partial charge in [-0.05, 0) is 26.0 Å². The molecule has 0 radical (unpaired) electrons. The van der Waals surface area contributed by atoms with Crippen LogP contribution in [0, 0.1) is 13.8 Å². The van der Waals surface area contributed by atoms with Gasteiger partial charge in [-0.2, -0.15) is 13.2 Å². The highest BCUT2D eigenvalue weighted by Gasteiger charge is 2.35. The zero-order chi connectivity index (χ0) is 15.6. The van der Waals surface area contributed by atoms with Gasteiger partial charge in [-0.1, -0.05) is 36.2 Å². The van der Waals surface area contributed by atoms with Gasteiger partial charge in [-0.3, -0.25) is 0 Å². The summed E-state index contributed by atoms with van der Waals surface area (Å²) in [7, 11) is 0. The fraction of sp³-hybridized carbons (Fsp3) is 0.400. The second-order valence-corrected chi connectivity index (χ2v) is 6.04. The lowest BCUT2D eigenvalue weighted by atomic mass is 10.0. The first-order valence-corrected chi connectivity index (χ1v) is 7.47. The van der Waals surface area contributed by atoms with E-state index in [1.54, 1.807) is 0 Å². The minimum absolute atomic E-state index is 0.262. The predicted octanol–water partition coefficient (Wildman–Crippen LogP) is 4.48. The Balaban J connectivity index is 2.41. The van der Waals surface area contributed by atoms with Gasteiger partial charge in [-0.25, -0.2) is 4.98 Å². The van der Waals surface area contributed by atoms with Crippen molar-refractivity contribution in [1.82, 2.24) is 10.3 Å². The summed E-state index contributed by atoms with van der Waals surface area (Å²) in [5.41, 5.74) is 3.15. The molecule has 1 aromatic carbocycles. The van der Waals surface area contributed by atoms with Crippen LogP contribution in [-0.4, -0.2) is 11.5 Å². The fourth-order valence-electron chi connectivity index (χ4n) is 2.31. The molecule has 0 saturated heterocycles. The van der Waals surface area contributed by atoms with E-state index in [9.17, 15) is 13.2 Å². The number of halogens is 3. The van der Waals surface area contributed by atoms with Gasteiger partial charge >= 0.3 is 6.18 Å². The monoisotopic (exact) mass is 314 g/mol. The highest BCUT2D eigenvalue weighted by Crippen LogP contribution is 2.36. The molecule has 2 aromatic rings. The molecule has 0 amide bonds. The normalized spacial score (nSPS) is 13.4. The number of nitrogens with zero attached hydrogens (tertiary/aromatic N) is 1. The quantitative estimate of drug-likeness (QED) is 0.900. The first-order valence-electron chi connectivity index (χ1n) is 6.65. The average Bonchev–Trinajstić information content (AvgIpc) is 2.83. The van der Waals surface area contributed by atoms with Crippen molar-refractivity contribution in [2.45, 2.75) is 33.0 Å². The van der Waals surface area contributed by atoms with Crippen LogP contribution < -0.4 is 5.32 Å². The first-order chi connectivity index (χ1) is 9.81. The summed E-state index contributed by atoms with van der Waals surface area (Å²) in [6.45, 7) is 6.55. The standard InChI is InChI=1S/C15H17F3N2S/c1-4-19-13(11-6-9(2)5-10(3)7-11)12-8-20-14(21-12)15(16,17)18/h5-8,13,19H,4H2,1-3H3. The zero-order valence-electron chi connectivity index (χ0n) is 12.1. The van der Waals surface area contributed by atoms with Gasteiger partial charge < -0.3 is 5.32 Å². The van der Waals surface area contributed by atoms with E-state index in [-0.39, 0.29) is 6.04 Å². The summed E-state index contributed by atoms with van der Waals surface area (Å²) in [5.74, 6) is 0. The fourth-order valence-corrected chi connectivity index (χ4v) is 3.20. The van der Waals surface area contributed by atoms with E-state index in [1.807, 2.05) is 39.0 Å². The number of rotatable bonds is 4. The third kappa shape index (κ3) is 3.83. The van der Waals surface area contributed by atoms with Gasteiger partial charge in [0.25, 0.3) is 0 Å². The lowest BCUT2D eigenvalue weighted by Gasteiger charge is -2.18. The van der Waals surface area contributed by atoms with E-state index in [0.717, 1.165) is 16.7 Å². The first kappa shape index (κ1) is 16.0. The summed E-state index contributed by atoms with van der Waals surface area (Å²) < 4.78 is 38.1. The van der Waals surface area contributed by atoms with Crippen molar-refractivity contribution in [1.29, 1.82) is 0 Å². The minimum Gasteiger partial charge on any atom is -0.306 e. The third-order valence-electron chi connectivity index (χ3n) is 3.04. The van der Waals surface area contributed by atoms with E-state index in [0.29, 0.717) is 22.8 Å². The molecule has 0 aliphatic rings. The van der Waals surface area contributed by atoms with Crippen molar-refractivity contribution >= 4 is 11.3 Å². The van der Waals surface area contributed by atoms with Gasteiger partial charge in [-0.15, -0.1) is 11.3 Å². The Morgan fingerprint density at radius 2 is 1.81 bits per heavy atom. The van der Waals surface area contributed by atoms with Crippen LogP contribution in [0.4, 0.5) is 13.2 Å². The average molecular weight is 314 g/mol. The molecule has 1 aromatic heterocycles. The Bertz CT molecular complexity index is 599. The van der Waals surface area contributed by atoms with Gasteiger partial charge in [0.15, 0.2) is 5.01 Å². The van der Waals surface area contributed by atoms with Gasteiger partial charge in [0.2, 0.25) is 0 Å². The second kappa shape index (κ2) is 6.15. The molecule has 1 N–H and O–H groups in total. The van der Waals surface area contributed by atoms with Gasteiger partial charge in [0.1, 0.15) is 0 Å². The molecular weight excluding hydrogens is 297 g/mol.